The number of amides is 2. The van der Waals surface area contributed by atoms with Gasteiger partial charge < -0.3 is 10.2 Å². The van der Waals surface area contributed by atoms with Crippen molar-refractivity contribution in [1.29, 1.82) is 0 Å². The number of sulfonamides is 1. The average Bonchev–Trinajstić information content (AvgIpc) is 3.02. The van der Waals surface area contributed by atoms with Crippen molar-refractivity contribution in [1.82, 2.24) is 10.2 Å². The second-order valence-electron chi connectivity index (χ2n) is 11.0. The summed E-state index contributed by atoms with van der Waals surface area (Å²) in [4.78, 5) is 30.0. The van der Waals surface area contributed by atoms with Gasteiger partial charge in [0.1, 0.15) is 12.6 Å². The lowest BCUT2D eigenvalue weighted by Gasteiger charge is -2.34. The van der Waals surface area contributed by atoms with Gasteiger partial charge in [0.2, 0.25) is 11.8 Å². The summed E-state index contributed by atoms with van der Waals surface area (Å²) in [5.41, 5.74) is 2.91. The maximum absolute atomic E-state index is 14.5. The van der Waals surface area contributed by atoms with Gasteiger partial charge in [0, 0.05) is 28.0 Å². The van der Waals surface area contributed by atoms with Crippen LogP contribution in [0.2, 0.25) is 0 Å². The van der Waals surface area contributed by atoms with E-state index in [1.807, 2.05) is 75.4 Å². The number of hydrogen-bond donors (Lipinski definition) is 1. The van der Waals surface area contributed by atoms with E-state index in [9.17, 15) is 18.0 Å². The molecular weight excluding hydrogens is 718 g/mol. The van der Waals surface area contributed by atoms with E-state index in [1.54, 1.807) is 36.4 Å². The lowest BCUT2D eigenvalue weighted by atomic mass is 10.0. The first-order valence-electron chi connectivity index (χ1n) is 14.7. The molecule has 4 aromatic carbocycles. The molecule has 2 atom stereocenters. The van der Waals surface area contributed by atoms with Crippen molar-refractivity contribution in [3.05, 3.63) is 129 Å². The smallest absolute Gasteiger partial charge is 0.264 e. The van der Waals surface area contributed by atoms with Crippen LogP contribution in [0.4, 0.5) is 5.69 Å². The molecule has 0 spiro atoms. The first kappa shape index (κ1) is 34.4. The summed E-state index contributed by atoms with van der Waals surface area (Å²) in [6.07, 6.45) is 0.972. The van der Waals surface area contributed by atoms with Crippen molar-refractivity contribution in [3.63, 3.8) is 0 Å². The van der Waals surface area contributed by atoms with E-state index >= 15 is 0 Å². The number of rotatable bonds is 13. The minimum Gasteiger partial charge on any atom is -0.352 e. The third kappa shape index (κ3) is 9.28. The molecule has 0 radical (unpaired) electrons. The van der Waals surface area contributed by atoms with Gasteiger partial charge in [-0.15, -0.1) is 0 Å². The zero-order chi connectivity index (χ0) is 32.6. The SMILES string of the molecule is CC[C@@H](C)NC(=O)[C@H](Cc1ccccc1)N(Cc1cccc(Br)c1)C(=O)CN(c1cccc(Br)c1)S(=O)(=O)c1ccc(C)cc1. The monoisotopic (exact) mass is 753 g/mol. The van der Waals surface area contributed by atoms with Crippen LogP contribution in [0.5, 0.6) is 0 Å². The summed E-state index contributed by atoms with van der Waals surface area (Å²) in [5.74, 6) is -0.808. The lowest BCUT2D eigenvalue weighted by molar-refractivity contribution is -0.140. The fraction of sp³-hybridized carbons (Fsp3) is 0.257. The van der Waals surface area contributed by atoms with Crippen LogP contribution in [0.15, 0.2) is 117 Å². The maximum atomic E-state index is 14.5. The molecule has 0 bridgehead atoms. The number of carbonyl (C=O) groups is 2. The summed E-state index contributed by atoms with van der Waals surface area (Å²) < 4.78 is 30.9. The van der Waals surface area contributed by atoms with Crippen LogP contribution >= 0.6 is 31.9 Å². The van der Waals surface area contributed by atoms with Gasteiger partial charge in [-0.1, -0.05) is 105 Å². The van der Waals surface area contributed by atoms with Crippen LogP contribution in [0.25, 0.3) is 0 Å². The summed E-state index contributed by atoms with van der Waals surface area (Å²) in [6.45, 7) is 5.36. The molecule has 0 aliphatic heterocycles. The minimum atomic E-state index is -4.17. The molecule has 0 saturated heterocycles. The maximum Gasteiger partial charge on any atom is 0.264 e. The van der Waals surface area contributed by atoms with E-state index in [0.717, 1.165) is 31.9 Å². The predicted octanol–water partition coefficient (Wildman–Crippen LogP) is 7.27. The third-order valence-corrected chi connectivity index (χ3v) is 10.3. The lowest BCUT2D eigenvalue weighted by Crippen LogP contribution is -2.54. The summed E-state index contributed by atoms with van der Waals surface area (Å²) in [6, 6.07) is 29.4. The van der Waals surface area contributed by atoms with Crippen molar-refractivity contribution in [2.45, 2.75) is 57.1 Å². The van der Waals surface area contributed by atoms with Gasteiger partial charge in [0.15, 0.2) is 0 Å². The first-order valence-corrected chi connectivity index (χ1v) is 17.7. The fourth-order valence-electron chi connectivity index (χ4n) is 4.82. The number of nitrogens with zero attached hydrogens (tertiary/aromatic N) is 2. The first-order chi connectivity index (χ1) is 21.5. The number of hydrogen-bond acceptors (Lipinski definition) is 4. The van der Waals surface area contributed by atoms with Crippen LogP contribution in [-0.2, 0) is 32.6 Å². The quantitative estimate of drug-likeness (QED) is 0.156. The van der Waals surface area contributed by atoms with E-state index < -0.39 is 28.5 Å². The highest BCUT2D eigenvalue weighted by Crippen LogP contribution is 2.28. The third-order valence-electron chi connectivity index (χ3n) is 7.50. The second-order valence-corrected chi connectivity index (χ2v) is 14.7. The highest BCUT2D eigenvalue weighted by molar-refractivity contribution is 9.10. The number of carbonyl (C=O) groups excluding carboxylic acids is 2. The molecule has 0 saturated carbocycles. The van der Waals surface area contributed by atoms with Gasteiger partial charge in [-0.25, -0.2) is 8.42 Å². The standard InChI is InChI=1S/C35H37Br2N3O4S/c1-4-26(3)38-35(42)33(21-27-10-6-5-7-11-27)39(23-28-12-8-13-29(36)20-28)34(41)24-40(31-15-9-14-30(37)22-31)45(43,44)32-18-16-25(2)17-19-32/h5-20,22,26,33H,4,21,23-24H2,1-3H3,(H,38,42)/t26-,33+/m1/s1. The molecule has 0 fully saturated rings. The molecule has 7 nitrogen and oxygen atoms in total. The van der Waals surface area contributed by atoms with Crippen molar-refractivity contribution < 1.29 is 18.0 Å². The highest BCUT2D eigenvalue weighted by atomic mass is 79.9. The Hall–Kier alpha value is -3.47. The van der Waals surface area contributed by atoms with Crippen molar-refractivity contribution in [2.24, 2.45) is 0 Å². The number of aryl methyl sites for hydroxylation is 1. The van der Waals surface area contributed by atoms with Gasteiger partial charge in [-0.05, 0) is 73.9 Å². The Balaban J connectivity index is 1.81. The molecule has 0 aliphatic carbocycles. The Labute approximate surface area is 283 Å². The van der Waals surface area contributed by atoms with E-state index in [1.165, 1.54) is 17.0 Å². The minimum absolute atomic E-state index is 0.0646. The van der Waals surface area contributed by atoms with Gasteiger partial charge in [-0.2, -0.15) is 0 Å². The number of halogens is 2. The highest BCUT2D eigenvalue weighted by Gasteiger charge is 2.35. The van der Waals surface area contributed by atoms with E-state index in [4.69, 9.17) is 0 Å². The summed E-state index contributed by atoms with van der Waals surface area (Å²) >= 11 is 6.95. The van der Waals surface area contributed by atoms with Crippen molar-refractivity contribution in [3.8, 4) is 0 Å². The second kappa shape index (κ2) is 15.7. The van der Waals surface area contributed by atoms with Gasteiger partial charge in [0.05, 0.1) is 10.6 Å². The van der Waals surface area contributed by atoms with E-state index in [-0.39, 0.29) is 29.8 Å². The van der Waals surface area contributed by atoms with Crippen LogP contribution < -0.4 is 9.62 Å². The van der Waals surface area contributed by atoms with Crippen LogP contribution in [-0.4, -0.2) is 43.8 Å². The molecule has 1 N–H and O–H groups in total. The van der Waals surface area contributed by atoms with Crippen molar-refractivity contribution >= 4 is 59.4 Å². The van der Waals surface area contributed by atoms with Crippen LogP contribution in [0.1, 0.15) is 37.0 Å². The molecule has 0 aromatic heterocycles. The van der Waals surface area contributed by atoms with Crippen LogP contribution in [0.3, 0.4) is 0 Å². The molecular formula is C35H37Br2N3O4S. The summed E-state index contributed by atoms with van der Waals surface area (Å²) in [7, 11) is -4.17. The predicted molar refractivity (Wildman–Crippen MR) is 186 cm³/mol. The Morgan fingerprint density at radius 2 is 1.44 bits per heavy atom. The fourth-order valence-corrected chi connectivity index (χ4v) is 7.06. The average molecular weight is 756 g/mol. The Morgan fingerprint density at radius 3 is 2.07 bits per heavy atom. The number of anilines is 1. The number of nitrogens with one attached hydrogen (secondary N) is 1. The summed E-state index contributed by atoms with van der Waals surface area (Å²) in [5, 5.41) is 3.06. The molecule has 236 valence electrons. The molecule has 10 heteroatoms. The molecule has 4 aromatic rings. The molecule has 2 amide bonds. The zero-order valence-corrected chi connectivity index (χ0v) is 29.5. The molecule has 45 heavy (non-hydrogen) atoms. The van der Waals surface area contributed by atoms with Crippen molar-refractivity contribution in [2.75, 3.05) is 10.8 Å². The Morgan fingerprint density at radius 1 is 0.822 bits per heavy atom. The van der Waals surface area contributed by atoms with E-state index in [0.29, 0.717) is 10.2 Å². The molecule has 0 heterocycles. The molecule has 4 rings (SSSR count). The van der Waals surface area contributed by atoms with Crippen LogP contribution in [0, 0.1) is 6.92 Å². The van der Waals surface area contributed by atoms with Gasteiger partial charge in [-0.3, -0.25) is 13.9 Å². The molecule has 0 unspecified atom stereocenters. The van der Waals surface area contributed by atoms with E-state index in [2.05, 4.69) is 37.2 Å². The Kier molecular flexibility index (Phi) is 12.0. The van der Waals surface area contributed by atoms with Gasteiger partial charge in [0.25, 0.3) is 10.0 Å². The topological polar surface area (TPSA) is 86.8 Å². The number of benzene rings is 4. The zero-order valence-electron chi connectivity index (χ0n) is 25.5. The van der Waals surface area contributed by atoms with Gasteiger partial charge >= 0.3 is 0 Å². The largest absolute Gasteiger partial charge is 0.352 e. The normalized spacial score (nSPS) is 12.6. The molecule has 0 aliphatic rings. The Bertz CT molecular complexity index is 1720.